The van der Waals surface area contributed by atoms with Crippen molar-refractivity contribution in [3.63, 3.8) is 0 Å². The van der Waals surface area contributed by atoms with Crippen molar-refractivity contribution in [2.45, 2.75) is 32.4 Å². The zero-order valence-corrected chi connectivity index (χ0v) is 10.4. The summed E-state index contributed by atoms with van der Waals surface area (Å²) >= 11 is 1.88. The molecule has 0 radical (unpaired) electrons. The van der Waals surface area contributed by atoms with E-state index in [1.165, 1.54) is 17.8 Å². The molecule has 0 saturated carbocycles. The van der Waals surface area contributed by atoms with Gasteiger partial charge in [0.15, 0.2) is 0 Å². The molecule has 1 unspecified atom stereocenters. The summed E-state index contributed by atoms with van der Waals surface area (Å²) in [5.41, 5.74) is 0. The number of hydrogen-bond donors (Lipinski definition) is 1. The molecule has 0 aliphatic carbocycles. The summed E-state index contributed by atoms with van der Waals surface area (Å²) < 4.78 is 0. The molecule has 0 aromatic carbocycles. The van der Waals surface area contributed by atoms with Crippen LogP contribution in [-0.2, 0) is 0 Å². The molecule has 2 heterocycles. The Balaban J connectivity index is 2.03. The fourth-order valence-electron chi connectivity index (χ4n) is 2.15. The Morgan fingerprint density at radius 1 is 1.60 bits per heavy atom. The van der Waals surface area contributed by atoms with Crippen molar-refractivity contribution in [3.8, 4) is 0 Å². The van der Waals surface area contributed by atoms with Crippen molar-refractivity contribution in [2.24, 2.45) is 0 Å². The van der Waals surface area contributed by atoms with E-state index in [4.69, 9.17) is 0 Å². The van der Waals surface area contributed by atoms with Gasteiger partial charge < -0.3 is 5.32 Å². The van der Waals surface area contributed by atoms with Crippen LogP contribution >= 0.6 is 11.3 Å². The molecule has 2 rings (SSSR count). The molecule has 1 atom stereocenters. The fourth-order valence-corrected chi connectivity index (χ4v) is 2.95. The van der Waals surface area contributed by atoms with Gasteiger partial charge in [-0.25, -0.2) is 0 Å². The van der Waals surface area contributed by atoms with Crippen molar-refractivity contribution in [1.82, 2.24) is 10.2 Å². The van der Waals surface area contributed by atoms with Crippen molar-refractivity contribution in [3.05, 3.63) is 22.4 Å². The molecule has 1 aliphatic rings. The third kappa shape index (κ3) is 2.41. The van der Waals surface area contributed by atoms with Crippen molar-refractivity contribution in [1.29, 1.82) is 0 Å². The van der Waals surface area contributed by atoms with Crippen LogP contribution in [0, 0.1) is 0 Å². The molecule has 1 aliphatic heterocycles. The van der Waals surface area contributed by atoms with Crippen LogP contribution in [0.15, 0.2) is 17.5 Å². The smallest absolute Gasteiger partial charge is 0.0417 e. The van der Waals surface area contributed by atoms with E-state index >= 15 is 0 Å². The number of rotatable bonds is 5. The lowest BCUT2D eigenvalue weighted by Crippen LogP contribution is -2.57. The largest absolute Gasteiger partial charge is 0.314 e. The molecule has 1 fully saturated rings. The Labute approximate surface area is 96.3 Å². The van der Waals surface area contributed by atoms with Crippen LogP contribution in [0.1, 0.15) is 31.2 Å². The first-order valence-corrected chi connectivity index (χ1v) is 6.70. The molecule has 0 amide bonds. The zero-order valence-electron chi connectivity index (χ0n) is 9.57. The molecule has 84 valence electrons. The Hall–Kier alpha value is -0.380. The highest BCUT2D eigenvalue weighted by atomic mass is 32.1. The molecule has 1 aromatic rings. The minimum Gasteiger partial charge on any atom is -0.314 e. The van der Waals surface area contributed by atoms with E-state index in [9.17, 15) is 0 Å². The average molecular weight is 224 g/mol. The molecule has 3 heteroatoms. The van der Waals surface area contributed by atoms with E-state index in [-0.39, 0.29) is 0 Å². The molecule has 2 nitrogen and oxygen atoms in total. The van der Waals surface area contributed by atoms with Crippen LogP contribution in [0.4, 0.5) is 0 Å². The molecular formula is C12H20N2S. The monoisotopic (exact) mass is 224 g/mol. The van der Waals surface area contributed by atoms with Crippen LogP contribution in [0.2, 0.25) is 0 Å². The van der Waals surface area contributed by atoms with Gasteiger partial charge in [-0.15, -0.1) is 11.3 Å². The van der Waals surface area contributed by atoms with Crippen LogP contribution in [0.25, 0.3) is 0 Å². The van der Waals surface area contributed by atoms with Gasteiger partial charge in [-0.2, -0.15) is 0 Å². The average Bonchev–Trinajstić information content (AvgIpc) is 2.66. The standard InChI is InChI=1S/C12H20N2S/c1-3-6-14(11-8-13-9-11)10(2)12-5-4-7-15-12/h4-5,7,10-11,13H,3,6,8-9H2,1-2H3. The lowest BCUT2D eigenvalue weighted by Gasteiger charge is -2.41. The predicted octanol–water partition coefficient (Wildman–Crippen LogP) is 2.49. The SMILES string of the molecule is CCCN(C1CNC1)C(C)c1cccs1. The van der Waals surface area contributed by atoms with Gasteiger partial charge in [0.1, 0.15) is 0 Å². The summed E-state index contributed by atoms with van der Waals surface area (Å²) in [7, 11) is 0. The van der Waals surface area contributed by atoms with Gasteiger partial charge in [0.2, 0.25) is 0 Å². The maximum atomic E-state index is 3.36. The Morgan fingerprint density at radius 3 is 2.87 bits per heavy atom. The van der Waals surface area contributed by atoms with Crippen molar-refractivity contribution in [2.75, 3.05) is 19.6 Å². The minimum atomic E-state index is 0.581. The molecule has 1 aromatic heterocycles. The zero-order chi connectivity index (χ0) is 10.7. The normalized spacial score (nSPS) is 19.1. The lowest BCUT2D eigenvalue weighted by molar-refractivity contribution is 0.104. The summed E-state index contributed by atoms with van der Waals surface area (Å²) in [6.07, 6.45) is 1.24. The van der Waals surface area contributed by atoms with Gasteiger partial charge in [-0.05, 0) is 31.3 Å². The maximum Gasteiger partial charge on any atom is 0.0417 e. The predicted molar refractivity (Wildman–Crippen MR) is 66.4 cm³/mol. The van der Waals surface area contributed by atoms with Gasteiger partial charge in [0, 0.05) is 30.1 Å². The van der Waals surface area contributed by atoms with E-state index in [0.717, 1.165) is 19.1 Å². The van der Waals surface area contributed by atoms with Gasteiger partial charge >= 0.3 is 0 Å². The molecule has 15 heavy (non-hydrogen) atoms. The topological polar surface area (TPSA) is 15.3 Å². The summed E-state index contributed by atoms with van der Waals surface area (Å²) in [6.45, 7) is 8.14. The van der Waals surface area contributed by atoms with E-state index < -0.39 is 0 Å². The summed E-state index contributed by atoms with van der Waals surface area (Å²) in [5, 5.41) is 5.54. The second kappa shape index (κ2) is 5.10. The molecule has 0 spiro atoms. The highest BCUT2D eigenvalue weighted by Gasteiger charge is 2.28. The Morgan fingerprint density at radius 2 is 2.40 bits per heavy atom. The number of hydrogen-bond acceptors (Lipinski definition) is 3. The maximum absolute atomic E-state index is 3.36. The molecule has 1 N–H and O–H groups in total. The van der Waals surface area contributed by atoms with Crippen molar-refractivity contribution < 1.29 is 0 Å². The molecule has 1 saturated heterocycles. The van der Waals surface area contributed by atoms with Crippen LogP contribution in [-0.4, -0.2) is 30.6 Å². The van der Waals surface area contributed by atoms with Crippen LogP contribution < -0.4 is 5.32 Å². The highest BCUT2D eigenvalue weighted by Crippen LogP contribution is 2.27. The van der Waals surface area contributed by atoms with Crippen LogP contribution in [0.3, 0.4) is 0 Å². The van der Waals surface area contributed by atoms with Crippen LogP contribution in [0.5, 0.6) is 0 Å². The quantitative estimate of drug-likeness (QED) is 0.826. The molecular weight excluding hydrogens is 204 g/mol. The summed E-state index contributed by atoms with van der Waals surface area (Å²) in [4.78, 5) is 4.14. The Bertz CT molecular complexity index is 280. The first-order chi connectivity index (χ1) is 7.33. The van der Waals surface area contributed by atoms with Gasteiger partial charge in [0.05, 0.1) is 0 Å². The Kier molecular flexibility index (Phi) is 3.78. The van der Waals surface area contributed by atoms with Gasteiger partial charge in [-0.3, -0.25) is 4.90 Å². The summed E-state index contributed by atoms with van der Waals surface area (Å²) in [5.74, 6) is 0. The van der Waals surface area contributed by atoms with Gasteiger partial charge in [-0.1, -0.05) is 13.0 Å². The second-order valence-electron chi connectivity index (χ2n) is 4.24. The second-order valence-corrected chi connectivity index (χ2v) is 5.22. The number of thiophene rings is 1. The first kappa shape index (κ1) is 11.1. The highest BCUT2D eigenvalue weighted by molar-refractivity contribution is 7.10. The summed E-state index contributed by atoms with van der Waals surface area (Å²) in [6, 6.07) is 5.74. The number of nitrogens with zero attached hydrogens (tertiary/aromatic N) is 1. The number of nitrogens with one attached hydrogen (secondary N) is 1. The lowest BCUT2D eigenvalue weighted by atomic mass is 10.1. The first-order valence-electron chi connectivity index (χ1n) is 5.82. The molecule has 0 bridgehead atoms. The van der Waals surface area contributed by atoms with E-state index in [1.54, 1.807) is 0 Å². The van der Waals surface area contributed by atoms with E-state index in [2.05, 4.69) is 41.6 Å². The third-order valence-electron chi connectivity index (χ3n) is 3.16. The van der Waals surface area contributed by atoms with E-state index in [0.29, 0.717) is 6.04 Å². The minimum absolute atomic E-state index is 0.581. The third-order valence-corrected chi connectivity index (χ3v) is 4.21. The van der Waals surface area contributed by atoms with Crippen molar-refractivity contribution >= 4 is 11.3 Å². The fraction of sp³-hybridized carbons (Fsp3) is 0.667. The van der Waals surface area contributed by atoms with E-state index in [1.807, 2.05) is 11.3 Å². The van der Waals surface area contributed by atoms with Gasteiger partial charge in [0.25, 0.3) is 0 Å².